The van der Waals surface area contributed by atoms with Crippen LogP contribution in [-0.4, -0.2) is 26.8 Å². The maximum atomic E-state index is 12.6. The molecule has 170 valence electrons. The van der Waals surface area contributed by atoms with Crippen LogP contribution in [0.2, 0.25) is 0 Å². The Morgan fingerprint density at radius 1 is 1.06 bits per heavy atom. The molecule has 0 radical (unpaired) electrons. The van der Waals surface area contributed by atoms with E-state index in [4.69, 9.17) is 0 Å². The van der Waals surface area contributed by atoms with E-state index in [9.17, 15) is 9.59 Å². The van der Waals surface area contributed by atoms with Crippen LogP contribution in [0.4, 0.5) is 0 Å². The number of fused-ring (bicyclic) bond motifs is 2. The van der Waals surface area contributed by atoms with E-state index in [0.717, 1.165) is 35.5 Å². The number of aromatic amines is 1. The summed E-state index contributed by atoms with van der Waals surface area (Å²) in [5.74, 6) is 0.448. The van der Waals surface area contributed by atoms with Crippen LogP contribution in [0, 0.1) is 5.92 Å². The SMILES string of the molecule is O=C(NCc1ccc2cc(CNCC3CCCCC3)[nH]c2c1)c1cc(=O)n2ccccc2n1. The molecule has 1 aliphatic carbocycles. The zero-order valence-corrected chi connectivity index (χ0v) is 18.6. The minimum Gasteiger partial charge on any atom is -0.357 e. The highest BCUT2D eigenvalue weighted by atomic mass is 16.2. The molecule has 1 aliphatic rings. The molecule has 3 aromatic heterocycles. The van der Waals surface area contributed by atoms with Crippen LogP contribution < -0.4 is 16.2 Å². The topological polar surface area (TPSA) is 91.3 Å². The quantitative estimate of drug-likeness (QED) is 0.405. The van der Waals surface area contributed by atoms with Gasteiger partial charge in [-0.1, -0.05) is 37.5 Å². The normalized spacial score (nSPS) is 14.7. The number of amides is 1. The molecule has 0 spiro atoms. The zero-order chi connectivity index (χ0) is 22.6. The van der Waals surface area contributed by atoms with Crippen LogP contribution in [0.1, 0.15) is 53.8 Å². The third-order valence-electron chi connectivity index (χ3n) is 6.47. The summed E-state index contributed by atoms with van der Waals surface area (Å²) in [5, 5.41) is 7.63. The first-order valence-electron chi connectivity index (χ1n) is 11.7. The van der Waals surface area contributed by atoms with Crippen molar-refractivity contribution < 1.29 is 4.79 Å². The lowest BCUT2D eigenvalue weighted by atomic mass is 9.89. The lowest BCUT2D eigenvalue weighted by Crippen LogP contribution is -2.26. The molecule has 0 unspecified atom stereocenters. The number of pyridine rings is 1. The van der Waals surface area contributed by atoms with E-state index in [2.05, 4.69) is 38.8 Å². The molecule has 4 aromatic rings. The maximum absolute atomic E-state index is 12.6. The van der Waals surface area contributed by atoms with Gasteiger partial charge in [0.1, 0.15) is 11.3 Å². The average Bonchev–Trinajstić information content (AvgIpc) is 3.25. The van der Waals surface area contributed by atoms with Gasteiger partial charge in [-0.3, -0.25) is 14.0 Å². The van der Waals surface area contributed by atoms with E-state index in [1.807, 2.05) is 6.07 Å². The number of rotatable bonds is 7. The summed E-state index contributed by atoms with van der Waals surface area (Å²) in [6.45, 7) is 2.28. The van der Waals surface area contributed by atoms with Gasteiger partial charge in [0, 0.05) is 36.6 Å². The van der Waals surface area contributed by atoms with Crippen molar-refractivity contribution in [2.45, 2.75) is 45.2 Å². The fraction of sp³-hybridized carbons (Fsp3) is 0.346. The van der Waals surface area contributed by atoms with Crippen LogP contribution in [0.5, 0.6) is 0 Å². The molecular formula is C26H29N5O2. The molecule has 0 aliphatic heterocycles. The van der Waals surface area contributed by atoms with Crippen molar-refractivity contribution in [2.75, 3.05) is 6.54 Å². The average molecular weight is 444 g/mol. The minimum atomic E-state index is -0.363. The number of carbonyl (C=O) groups is 1. The van der Waals surface area contributed by atoms with E-state index < -0.39 is 0 Å². The minimum absolute atomic E-state index is 0.124. The van der Waals surface area contributed by atoms with Gasteiger partial charge in [-0.15, -0.1) is 0 Å². The van der Waals surface area contributed by atoms with Gasteiger partial charge in [0.25, 0.3) is 11.5 Å². The Balaban J connectivity index is 1.20. The Hall–Kier alpha value is -3.45. The molecule has 7 nitrogen and oxygen atoms in total. The summed E-state index contributed by atoms with van der Waals surface area (Å²) in [6, 6.07) is 14.8. The number of benzene rings is 1. The lowest BCUT2D eigenvalue weighted by molar-refractivity contribution is 0.0946. The van der Waals surface area contributed by atoms with E-state index in [1.165, 1.54) is 48.3 Å². The van der Waals surface area contributed by atoms with Crippen molar-refractivity contribution in [1.82, 2.24) is 25.0 Å². The number of nitrogens with one attached hydrogen (secondary N) is 3. The zero-order valence-electron chi connectivity index (χ0n) is 18.6. The fourth-order valence-electron chi connectivity index (χ4n) is 4.68. The van der Waals surface area contributed by atoms with E-state index in [0.29, 0.717) is 12.2 Å². The molecule has 5 rings (SSSR count). The molecule has 3 N–H and O–H groups in total. The summed E-state index contributed by atoms with van der Waals surface area (Å²) in [5.41, 5.74) is 3.51. The van der Waals surface area contributed by atoms with Crippen LogP contribution >= 0.6 is 0 Å². The molecule has 0 bridgehead atoms. The van der Waals surface area contributed by atoms with Gasteiger partial charge in [-0.2, -0.15) is 0 Å². The molecule has 3 heterocycles. The van der Waals surface area contributed by atoms with E-state index >= 15 is 0 Å². The standard InChI is InChI=1S/C26H29N5O2/c32-25-14-23(30-24-8-4-5-11-31(24)25)26(33)28-16-19-9-10-20-13-21(29-22(20)12-19)17-27-15-18-6-2-1-3-7-18/h4-5,8-14,18,27,29H,1-3,6-7,15-17H2,(H,28,33). The molecular weight excluding hydrogens is 414 g/mol. The van der Waals surface area contributed by atoms with Crippen molar-refractivity contribution in [3.05, 3.63) is 82.0 Å². The van der Waals surface area contributed by atoms with Gasteiger partial charge in [0.15, 0.2) is 0 Å². The summed E-state index contributed by atoms with van der Waals surface area (Å²) < 4.78 is 1.41. The summed E-state index contributed by atoms with van der Waals surface area (Å²) in [4.78, 5) is 32.6. The third-order valence-corrected chi connectivity index (χ3v) is 6.47. The predicted octanol–water partition coefficient (Wildman–Crippen LogP) is 3.78. The van der Waals surface area contributed by atoms with Gasteiger partial charge in [0.05, 0.1) is 0 Å². The lowest BCUT2D eigenvalue weighted by Gasteiger charge is -2.21. The second kappa shape index (κ2) is 9.58. The monoisotopic (exact) mass is 443 g/mol. The first-order valence-corrected chi connectivity index (χ1v) is 11.7. The van der Waals surface area contributed by atoms with Crippen molar-refractivity contribution in [2.24, 2.45) is 5.92 Å². The Kier molecular flexibility index (Phi) is 6.21. The molecule has 0 atom stereocenters. The Bertz CT molecular complexity index is 1330. The highest BCUT2D eigenvalue weighted by molar-refractivity contribution is 5.92. The first-order chi connectivity index (χ1) is 16.2. The van der Waals surface area contributed by atoms with E-state index in [1.54, 1.807) is 24.4 Å². The number of nitrogens with zero attached hydrogens (tertiary/aromatic N) is 2. The van der Waals surface area contributed by atoms with Crippen LogP contribution in [0.25, 0.3) is 16.6 Å². The number of aromatic nitrogens is 3. The fourth-order valence-corrected chi connectivity index (χ4v) is 4.68. The highest BCUT2D eigenvalue weighted by Gasteiger charge is 2.13. The Labute approximate surface area is 192 Å². The van der Waals surface area contributed by atoms with Crippen LogP contribution in [0.15, 0.2) is 59.5 Å². The summed E-state index contributed by atoms with van der Waals surface area (Å²) in [6.07, 6.45) is 8.45. The number of carbonyl (C=O) groups excluding carboxylic acids is 1. The molecule has 0 saturated heterocycles. The predicted molar refractivity (Wildman–Crippen MR) is 129 cm³/mol. The molecule has 1 saturated carbocycles. The van der Waals surface area contributed by atoms with E-state index in [-0.39, 0.29) is 17.2 Å². The van der Waals surface area contributed by atoms with Gasteiger partial charge in [-0.05, 0) is 60.5 Å². The molecule has 1 fully saturated rings. The van der Waals surface area contributed by atoms with Gasteiger partial charge in [0.2, 0.25) is 0 Å². The van der Waals surface area contributed by atoms with Gasteiger partial charge < -0.3 is 15.6 Å². The summed E-state index contributed by atoms with van der Waals surface area (Å²) >= 11 is 0. The second-order valence-corrected chi connectivity index (χ2v) is 8.94. The maximum Gasteiger partial charge on any atom is 0.270 e. The highest BCUT2D eigenvalue weighted by Crippen LogP contribution is 2.23. The number of H-pyrrole nitrogens is 1. The van der Waals surface area contributed by atoms with Crippen molar-refractivity contribution >= 4 is 22.5 Å². The largest absolute Gasteiger partial charge is 0.357 e. The van der Waals surface area contributed by atoms with Crippen molar-refractivity contribution in [1.29, 1.82) is 0 Å². The second-order valence-electron chi connectivity index (χ2n) is 8.94. The molecule has 1 aromatic carbocycles. The third kappa shape index (κ3) is 4.98. The first kappa shape index (κ1) is 21.4. The molecule has 7 heteroatoms. The number of hydrogen-bond acceptors (Lipinski definition) is 4. The van der Waals surface area contributed by atoms with Crippen molar-refractivity contribution in [3.8, 4) is 0 Å². The molecule has 1 amide bonds. The van der Waals surface area contributed by atoms with Crippen LogP contribution in [0.3, 0.4) is 0 Å². The Morgan fingerprint density at radius 3 is 2.82 bits per heavy atom. The van der Waals surface area contributed by atoms with Crippen LogP contribution in [-0.2, 0) is 13.1 Å². The summed E-state index contributed by atoms with van der Waals surface area (Å²) in [7, 11) is 0. The van der Waals surface area contributed by atoms with Gasteiger partial charge in [-0.25, -0.2) is 4.98 Å². The number of hydrogen-bond donors (Lipinski definition) is 3. The smallest absolute Gasteiger partial charge is 0.270 e. The Morgan fingerprint density at radius 2 is 1.94 bits per heavy atom. The van der Waals surface area contributed by atoms with Gasteiger partial charge >= 0.3 is 0 Å². The molecule has 33 heavy (non-hydrogen) atoms. The van der Waals surface area contributed by atoms with Crippen molar-refractivity contribution in [3.63, 3.8) is 0 Å².